The van der Waals surface area contributed by atoms with Crippen molar-refractivity contribution in [3.63, 3.8) is 0 Å². The average molecular weight is 225 g/mol. The van der Waals surface area contributed by atoms with Crippen molar-refractivity contribution in [1.29, 1.82) is 0 Å². The predicted molar refractivity (Wildman–Crippen MR) is 65.6 cm³/mol. The van der Waals surface area contributed by atoms with Crippen LogP contribution in [0.5, 0.6) is 0 Å². The van der Waals surface area contributed by atoms with Crippen LogP contribution in [0, 0.1) is 0 Å². The first-order chi connectivity index (χ1) is 6.68. The van der Waals surface area contributed by atoms with E-state index in [1.807, 2.05) is 0 Å². The molecule has 0 spiro atoms. The van der Waals surface area contributed by atoms with E-state index >= 15 is 0 Å². The maximum atomic E-state index is 10.4. The number of hydrogen-bond donors (Lipinski definition) is 2. The minimum atomic E-state index is -0.768. The molecule has 4 heteroatoms. The molecular weight excluding hydrogens is 201 g/mol. The predicted octanol–water partition coefficient (Wildman–Crippen LogP) is 1.76. The molecule has 15 heavy (non-hydrogen) atoms. The van der Waals surface area contributed by atoms with Crippen LogP contribution in [0.4, 0.5) is 0 Å². The number of carbonyl (C=O) groups is 1. The number of nitrogens with one attached hydrogen (secondary N) is 1. The van der Waals surface area contributed by atoms with E-state index in [1.54, 1.807) is 6.92 Å². The fourth-order valence-electron chi connectivity index (χ4n) is 1.31. The molecule has 1 unspecified atom stereocenters. The van der Waals surface area contributed by atoms with Crippen molar-refractivity contribution < 1.29 is 9.90 Å². The molecule has 0 bridgehead atoms. The van der Waals surface area contributed by atoms with Gasteiger partial charge in [-0.3, -0.25) is 4.79 Å². The Bertz CT molecular complexity index is 154. The van der Waals surface area contributed by atoms with Crippen molar-refractivity contribution in [3.8, 4) is 0 Å². The Morgan fingerprint density at radius 2 is 1.73 bits per heavy atom. The first-order valence-electron chi connectivity index (χ1n) is 5.64. The zero-order chi connectivity index (χ0) is 10.8. The molecule has 86 valence electrons. The first kappa shape index (κ1) is 17.8. The van der Waals surface area contributed by atoms with Gasteiger partial charge in [-0.15, -0.1) is 0 Å². The van der Waals surface area contributed by atoms with Crippen molar-refractivity contribution in [2.45, 2.75) is 58.4 Å². The van der Waals surface area contributed by atoms with E-state index < -0.39 is 12.0 Å². The van der Waals surface area contributed by atoms with Gasteiger partial charge in [0.2, 0.25) is 0 Å². The molecule has 0 radical (unpaired) electrons. The molecular formula is C11H24NNaO2. The molecule has 0 aromatic rings. The number of carboxylic acid groups (broad SMARTS) is 1. The van der Waals surface area contributed by atoms with Gasteiger partial charge in [-0.1, -0.05) is 39.0 Å². The fraction of sp³-hybridized carbons (Fsp3) is 0.909. The van der Waals surface area contributed by atoms with Gasteiger partial charge in [0, 0.05) is 0 Å². The normalized spacial score (nSPS) is 11.9. The molecule has 0 fully saturated rings. The quantitative estimate of drug-likeness (QED) is 0.464. The van der Waals surface area contributed by atoms with Crippen LogP contribution in [0.25, 0.3) is 0 Å². The van der Waals surface area contributed by atoms with Crippen molar-refractivity contribution in [2.75, 3.05) is 6.54 Å². The monoisotopic (exact) mass is 225 g/mol. The topological polar surface area (TPSA) is 49.3 Å². The van der Waals surface area contributed by atoms with Gasteiger partial charge >= 0.3 is 35.5 Å². The van der Waals surface area contributed by atoms with Gasteiger partial charge in [-0.05, 0) is 19.9 Å². The second-order valence-electron chi connectivity index (χ2n) is 3.78. The molecule has 0 rings (SSSR count). The van der Waals surface area contributed by atoms with E-state index in [9.17, 15) is 4.79 Å². The summed E-state index contributed by atoms with van der Waals surface area (Å²) in [5, 5.41) is 11.6. The van der Waals surface area contributed by atoms with E-state index in [0.717, 1.165) is 13.0 Å². The average Bonchev–Trinajstić information content (AvgIpc) is 2.16. The van der Waals surface area contributed by atoms with Crippen molar-refractivity contribution in [3.05, 3.63) is 0 Å². The third kappa shape index (κ3) is 12.4. The molecule has 0 aliphatic heterocycles. The maximum absolute atomic E-state index is 10.4. The molecule has 0 aromatic carbocycles. The van der Waals surface area contributed by atoms with E-state index in [1.165, 1.54) is 32.1 Å². The summed E-state index contributed by atoms with van der Waals surface area (Å²) < 4.78 is 0. The van der Waals surface area contributed by atoms with Gasteiger partial charge < -0.3 is 10.4 Å². The molecule has 0 aliphatic rings. The van der Waals surface area contributed by atoms with Crippen LogP contribution in [-0.2, 0) is 4.79 Å². The molecule has 0 saturated heterocycles. The minimum absolute atomic E-state index is 0. The van der Waals surface area contributed by atoms with Crippen LogP contribution in [0.1, 0.15) is 52.4 Å². The molecule has 0 aliphatic carbocycles. The zero-order valence-corrected chi connectivity index (χ0v) is 9.38. The van der Waals surface area contributed by atoms with Crippen molar-refractivity contribution in [2.24, 2.45) is 0 Å². The molecule has 3 nitrogen and oxygen atoms in total. The van der Waals surface area contributed by atoms with E-state index in [0.29, 0.717) is 0 Å². The SMILES string of the molecule is CCCCCCCCNC(C)C(=O)O.[NaH]. The van der Waals surface area contributed by atoms with Crippen molar-refractivity contribution in [1.82, 2.24) is 5.32 Å². The third-order valence-corrected chi connectivity index (χ3v) is 2.35. The standard InChI is InChI=1S/C11H23NO2.Na.H/c1-3-4-5-6-7-8-9-12-10(2)11(13)14;;/h10,12H,3-9H2,1-2H3,(H,13,14);;. The Hall–Kier alpha value is 0.430. The van der Waals surface area contributed by atoms with Crippen LogP contribution in [0.3, 0.4) is 0 Å². The fourth-order valence-corrected chi connectivity index (χ4v) is 1.31. The summed E-state index contributed by atoms with van der Waals surface area (Å²) in [6.45, 7) is 4.70. The van der Waals surface area contributed by atoms with E-state index in [-0.39, 0.29) is 29.6 Å². The first-order valence-corrected chi connectivity index (χ1v) is 5.64. The Kier molecular flexibility index (Phi) is 14.8. The molecule has 0 saturated carbocycles. The molecule has 0 heterocycles. The number of rotatable bonds is 9. The van der Waals surface area contributed by atoms with Crippen LogP contribution in [-0.4, -0.2) is 53.2 Å². The zero-order valence-electron chi connectivity index (χ0n) is 9.38. The summed E-state index contributed by atoms with van der Waals surface area (Å²) in [6, 6.07) is -0.411. The second kappa shape index (κ2) is 12.5. The summed E-state index contributed by atoms with van der Waals surface area (Å²) in [5.41, 5.74) is 0. The van der Waals surface area contributed by atoms with Crippen LogP contribution < -0.4 is 5.32 Å². The number of hydrogen-bond acceptors (Lipinski definition) is 2. The van der Waals surface area contributed by atoms with Gasteiger partial charge in [-0.2, -0.15) is 0 Å². The van der Waals surface area contributed by atoms with Crippen LogP contribution in [0.15, 0.2) is 0 Å². The van der Waals surface area contributed by atoms with Crippen molar-refractivity contribution >= 4 is 35.5 Å². The Morgan fingerprint density at radius 1 is 1.20 bits per heavy atom. The summed E-state index contributed by atoms with van der Waals surface area (Å²) >= 11 is 0. The molecule has 2 N–H and O–H groups in total. The van der Waals surface area contributed by atoms with Gasteiger partial charge in [-0.25, -0.2) is 0 Å². The summed E-state index contributed by atoms with van der Waals surface area (Å²) in [5.74, 6) is -0.768. The van der Waals surface area contributed by atoms with E-state index in [2.05, 4.69) is 12.2 Å². The van der Waals surface area contributed by atoms with Crippen LogP contribution in [0.2, 0.25) is 0 Å². The third-order valence-electron chi connectivity index (χ3n) is 2.35. The number of unbranched alkanes of at least 4 members (excludes halogenated alkanes) is 5. The summed E-state index contributed by atoms with van der Waals surface area (Å²) in [7, 11) is 0. The van der Waals surface area contributed by atoms with Crippen LogP contribution >= 0.6 is 0 Å². The van der Waals surface area contributed by atoms with Gasteiger partial charge in [0.05, 0.1) is 0 Å². The number of carboxylic acids is 1. The van der Waals surface area contributed by atoms with Gasteiger partial charge in [0.25, 0.3) is 0 Å². The Morgan fingerprint density at radius 3 is 2.27 bits per heavy atom. The second-order valence-corrected chi connectivity index (χ2v) is 3.78. The molecule has 0 aromatic heterocycles. The Balaban J connectivity index is 0. The molecule has 1 atom stereocenters. The summed E-state index contributed by atoms with van der Waals surface area (Å²) in [6.07, 6.45) is 7.47. The number of aliphatic carboxylic acids is 1. The van der Waals surface area contributed by atoms with Gasteiger partial charge in [0.15, 0.2) is 0 Å². The Labute approximate surface area is 115 Å². The molecule has 0 amide bonds. The van der Waals surface area contributed by atoms with E-state index in [4.69, 9.17) is 5.11 Å². The summed E-state index contributed by atoms with van der Waals surface area (Å²) in [4.78, 5) is 10.4. The van der Waals surface area contributed by atoms with Gasteiger partial charge in [0.1, 0.15) is 6.04 Å².